The first-order valence-corrected chi connectivity index (χ1v) is 9.52. The van der Waals surface area contributed by atoms with Crippen LogP contribution >= 0.6 is 0 Å². The van der Waals surface area contributed by atoms with Crippen LogP contribution in [0.5, 0.6) is 0 Å². The van der Waals surface area contributed by atoms with Gasteiger partial charge in [0.05, 0.1) is 6.20 Å². The van der Waals surface area contributed by atoms with Crippen molar-refractivity contribution in [2.24, 2.45) is 0 Å². The predicted molar refractivity (Wildman–Crippen MR) is 96.8 cm³/mol. The van der Waals surface area contributed by atoms with Crippen molar-refractivity contribution in [2.75, 3.05) is 6.54 Å². The van der Waals surface area contributed by atoms with Crippen LogP contribution in [0, 0.1) is 0 Å². The Morgan fingerprint density at radius 2 is 2.00 bits per heavy atom. The lowest BCUT2D eigenvalue weighted by Gasteiger charge is -2.34. The molecule has 5 rings (SSSR count). The Labute approximate surface area is 151 Å². The molecule has 1 saturated heterocycles. The van der Waals surface area contributed by atoms with Crippen LogP contribution in [0.4, 0.5) is 0 Å². The Hall–Kier alpha value is -2.63. The Kier molecular flexibility index (Phi) is 3.76. The number of aryl methyl sites for hydroxylation is 1. The molecule has 1 amide bonds. The van der Waals surface area contributed by atoms with E-state index in [-0.39, 0.29) is 11.9 Å². The number of hydrogen-bond donors (Lipinski definition) is 0. The van der Waals surface area contributed by atoms with Crippen molar-refractivity contribution in [3.8, 4) is 0 Å². The minimum atomic E-state index is -0.0987. The number of carbonyl (C=O) groups is 1. The van der Waals surface area contributed by atoms with E-state index in [9.17, 15) is 4.79 Å². The summed E-state index contributed by atoms with van der Waals surface area (Å²) in [6.45, 7) is 1.63. The first-order chi connectivity index (χ1) is 12.8. The van der Waals surface area contributed by atoms with E-state index in [0.717, 1.165) is 68.5 Å². The van der Waals surface area contributed by atoms with Gasteiger partial charge in [-0.2, -0.15) is 0 Å². The number of oxazole rings is 1. The van der Waals surface area contributed by atoms with E-state index < -0.39 is 0 Å². The van der Waals surface area contributed by atoms with Crippen LogP contribution in [-0.4, -0.2) is 31.9 Å². The van der Waals surface area contributed by atoms with Crippen molar-refractivity contribution < 1.29 is 9.21 Å². The molecule has 0 saturated carbocycles. The summed E-state index contributed by atoms with van der Waals surface area (Å²) in [5.41, 5.74) is 2.34. The van der Waals surface area contributed by atoms with Gasteiger partial charge in [-0.05, 0) is 44.2 Å². The largest absolute Gasteiger partial charge is 0.438 e. The molecule has 0 radical (unpaired) electrons. The quantitative estimate of drug-likeness (QED) is 0.706. The number of benzene rings is 1. The van der Waals surface area contributed by atoms with E-state index in [1.54, 1.807) is 6.20 Å². The summed E-state index contributed by atoms with van der Waals surface area (Å²) in [7, 11) is 0. The molecule has 2 aliphatic rings. The lowest BCUT2D eigenvalue weighted by Crippen LogP contribution is -2.39. The maximum Gasteiger partial charge on any atom is 0.272 e. The molecule has 0 bridgehead atoms. The maximum absolute atomic E-state index is 13.3. The Morgan fingerprint density at radius 1 is 1.12 bits per heavy atom. The van der Waals surface area contributed by atoms with Gasteiger partial charge in [-0.25, -0.2) is 9.97 Å². The molecule has 26 heavy (non-hydrogen) atoms. The van der Waals surface area contributed by atoms with Crippen LogP contribution in [0.3, 0.4) is 0 Å². The lowest BCUT2D eigenvalue weighted by atomic mass is 10.0. The molecule has 1 atom stereocenters. The van der Waals surface area contributed by atoms with Gasteiger partial charge in [-0.3, -0.25) is 4.79 Å². The molecular formula is C20H22N4O2. The third kappa shape index (κ3) is 2.52. The number of likely N-dealkylation sites (tertiary alicyclic amines) is 1. The number of nitrogens with zero attached hydrogens (tertiary/aromatic N) is 4. The standard InChI is InChI=1S/C20H22N4O2/c25-20(16-13-21-18-10-4-6-11-23(16)18)24-12-5-3-8-15(24)19-22-14-7-1-2-9-17(14)26-19/h1-2,7,9,13,15H,3-6,8,10-12H2. The van der Waals surface area contributed by atoms with Crippen LogP contribution in [-0.2, 0) is 13.0 Å². The molecule has 134 valence electrons. The molecule has 1 unspecified atom stereocenters. The molecule has 4 heterocycles. The molecule has 2 aliphatic heterocycles. The monoisotopic (exact) mass is 350 g/mol. The number of imidazole rings is 1. The zero-order valence-corrected chi connectivity index (χ0v) is 14.7. The van der Waals surface area contributed by atoms with Gasteiger partial charge in [0.2, 0.25) is 5.89 Å². The number of rotatable bonds is 2. The lowest BCUT2D eigenvalue weighted by molar-refractivity contribution is 0.0562. The van der Waals surface area contributed by atoms with E-state index in [0.29, 0.717) is 11.6 Å². The van der Waals surface area contributed by atoms with Crippen molar-refractivity contribution in [1.82, 2.24) is 19.4 Å². The van der Waals surface area contributed by atoms with Crippen molar-refractivity contribution >= 4 is 17.0 Å². The summed E-state index contributed by atoms with van der Waals surface area (Å²) in [5.74, 6) is 1.74. The molecule has 3 aromatic rings. The van der Waals surface area contributed by atoms with Crippen molar-refractivity contribution in [2.45, 2.75) is 51.1 Å². The Balaban J connectivity index is 1.49. The van der Waals surface area contributed by atoms with E-state index in [2.05, 4.69) is 14.5 Å². The Morgan fingerprint density at radius 3 is 2.92 bits per heavy atom. The van der Waals surface area contributed by atoms with Gasteiger partial charge in [0, 0.05) is 19.5 Å². The summed E-state index contributed by atoms with van der Waals surface area (Å²) >= 11 is 0. The van der Waals surface area contributed by atoms with Crippen molar-refractivity contribution in [3.63, 3.8) is 0 Å². The van der Waals surface area contributed by atoms with Crippen LogP contribution in [0.2, 0.25) is 0 Å². The summed E-state index contributed by atoms with van der Waals surface area (Å²) in [6, 6.07) is 7.67. The molecule has 0 N–H and O–H groups in total. The normalized spacial score (nSPS) is 20.3. The third-order valence-electron chi connectivity index (χ3n) is 5.55. The van der Waals surface area contributed by atoms with Gasteiger partial charge in [0.15, 0.2) is 5.58 Å². The first kappa shape index (κ1) is 15.6. The minimum absolute atomic E-state index is 0.0533. The summed E-state index contributed by atoms with van der Waals surface area (Å²) in [6.07, 6.45) is 7.96. The zero-order chi connectivity index (χ0) is 17.5. The van der Waals surface area contributed by atoms with Crippen molar-refractivity contribution in [1.29, 1.82) is 0 Å². The molecular weight excluding hydrogens is 328 g/mol. The predicted octanol–water partition coefficient (Wildman–Crippen LogP) is 3.73. The van der Waals surface area contributed by atoms with Crippen LogP contribution in [0.25, 0.3) is 11.1 Å². The fourth-order valence-corrected chi connectivity index (χ4v) is 4.20. The average Bonchev–Trinajstić information content (AvgIpc) is 3.31. The molecule has 1 fully saturated rings. The van der Waals surface area contributed by atoms with Crippen LogP contribution < -0.4 is 0 Å². The highest BCUT2D eigenvalue weighted by Crippen LogP contribution is 2.33. The molecule has 2 aromatic heterocycles. The summed E-state index contributed by atoms with van der Waals surface area (Å²) < 4.78 is 8.09. The van der Waals surface area contributed by atoms with E-state index >= 15 is 0 Å². The minimum Gasteiger partial charge on any atom is -0.438 e. The number of piperidine rings is 1. The van der Waals surface area contributed by atoms with Gasteiger partial charge in [-0.15, -0.1) is 0 Å². The van der Waals surface area contributed by atoms with E-state index in [1.165, 1.54) is 0 Å². The molecule has 6 heteroatoms. The zero-order valence-electron chi connectivity index (χ0n) is 14.7. The summed E-state index contributed by atoms with van der Waals surface area (Å²) in [5, 5.41) is 0. The van der Waals surface area contributed by atoms with Gasteiger partial charge >= 0.3 is 0 Å². The highest BCUT2D eigenvalue weighted by molar-refractivity contribution is 5.93. The van der Waals surface area contributed by atoms with Gasteiger partial charge < -0.3 is 13.9 Å². The number of para-hydroxylation sites is 2. The first-order valence-electron chi connectivity index (χ1n) is 9.52. The van der Waals surface area contributed by atoms with Crippen molar-refractivity contribution in [3.05, 3.63) is 47.9 Å². The fraction of sp³-hybridized carbons (Fsp3) is 0.450. The number of aromatic nitrogens is 3. The highest BCUT2D eigenvalue weighted by Gasteiger charge is 2.34. The Bertz CT molecular complexity index is 925. The van der Waals surface area contributed by atoms with Crippen LogP contribution in [0.1, 0.15) is 60.3 Å². The van der Waals surface area contributed by atoms with E-state index in [1.807, 2.05) is 29.2 Å². The smallest absolute Gasteiger partial charge is 0.272 e. The van der Waals surface area contributed by atoms with E-state index in [4.69, 9.17) is 4.42 Å². The second kappa shape index (κ2) is 6.27. The molecule has 1 aromatic carbocycles. The third-order valence-corrected chi connectivity index (χ3v) is 5.55. The maximum atomic E-state index is 13.3. The molecule has 6 nitrogen and oxygen atoms in total. The second-order valence-electron chi connectivity index (χ2n) is 7.20. The number of hydrogen-bond acceptors (Lipinski definition) is 4. The number of carbonyl (C=O) groups excluding carboxylic acids is 1. The number of fused-ring (bicyclic) bond motifs is 2. The summed E-state index contributed by atoms with van der Waals surface area (Å²) in [4.78, 5) is 24.4. The second-order valence-corrected chi connectivity index (χ2v) is 7.20. The fourth-order valence-electron chi connectivity index (χ4n) is 4.20. The van der Waals surface area contributed by atoms with Gasteiger partial charge in [0.1, 0.15) is 23.1 Å². The SMILES string of the molecule is O=C(c1cnc2n1CCCC2)N1CCCCC1c1nc2ccccc2o1. The average molecular weight is 350 g/mol. The van der Waals surface area contributed by atoms with Crippen LogP contribution in [0.15, 0.2) is 34.9 Å². The molecule has 0 spiro atoms. The molecule has 0 aliphatic carbocycles. The van der Waals surface area contributed by atoms with Gasteiger partial charge in [-0.1, -0.05) is 12.1 Å². The van der Waals surface area contributed by atoms with Gasteiger partial charge in [0.25, 0.3) is 5.91 Å². The topological polar surface area (TPSA) is 64.2 Å². The highest BCUT2D eigenvalue weighted by atomic mass is 16.3. The number of amides is 1.